The van der Waals surface area contributed by atoms with Crippen LogP contribution in [0.25, 0.3) is 0 Å². The molecule has 0 saturated carbocycles. The van der Waals surface area contributed by atoms with E-state index in [9.17, 15) is 0 Å². The van der Waals surface area contributed by atoms with E-state index in [0.29, 0.717) is 6.61 Å². The molecular weight excluding hydrogens is 279 g/mol. The van der Waals surface area contributed by atoms with Crippen molar-refractivity contribution < 1.29 is 9.47 Å². The molecule has 0 aromatic heterocycles. The molecule has 1 rings (SSSR count). The van der Waals surface area contributed by atoms with E-state index in [1.54, 1.807) is 7.11 Å². The second kappa shape index (κ2) is 7.09. The lowest BCUT2D eigenvalue weighted by Crippen LogP contribution is -2.01. The molecule has 0 radical (unpaired) electrons. The van der Waals surface area contributed by atoms with Gasteiger partial charge in [0.05, 0.1) is 6.61 Å². The number of hydrogen-bond acceptors (Lipinski definition) is 2. The van der Waals surface area contributed by atoms with Crippen LogP contribution in [0.3, 0.4) is 0 Å². The Balaban J connectivity index is 2.47. The third-order valence-corrected chi connectivity index (χ3v) is 2.90. The van der Waals surface area contributed by atoms with Gasteiger partial charge in [-0.15, -0.1) is 0 Å². The van der Waals surface area contributed by atoms with Crippen molar-refractivity contribution >= 4 is 27.5 Å². The van der Waals surface area contributed by atoms with Crippen molar-refractivity contribution in [3.05, 3.63) is 28.8 Å². The predicted molar refractivity (Wildman–Crippen MR) is 66.1 cm³/mol. The van der Waals surface area contributed by atoms with Gasteiger partial charge in [-0.25, -0.2) is 0 Å². The fourth-order valence-corrected chi connectivity index (χ4v) is 1.95. The Morgan fingerprint density at radius 2 is 2.13 bits per heavy atom. The van der Waals surface area contributed by atoms with Crippen molar-refractivity contribution in [2.24, 2.45) is 0 Å². The van der Waals surface area contributed by atoms with Gasteiger partial charge in [-0.05, 0) is 23.8 Å². The van der Waals surface area contributed by atoms with Gasteiger partial charge in [0.2, 0.25) is 0 Å². The highest BCUT2D eigenvalue weighted by atomic mass is 79.9. The van der Waals surface area contributed by atoms with Crippen LogP contribution in [0.4, 0.5) is 0 Å². The van der Waals surface area contributed by atoms with Crippen LogP contribution in [0.15, 0.2) is 18.2 Å². The highest BCUT2D eigenvalue weighted by Gasteiger charge is 2.01. The number of ether oxygens (including phenoxy) is 2. The second-order valence-electron chi connectivity index (χ2n) is 3.08. The van der Waals surface area contributed by atoms with Crippen molar-refractivity contribution in [1.82, 2.24) is 0 Å². The summed E-state index contributed by atoms with van der Waals surface area (Å²) in [4.78, 5) is 0. The summed E-state index contributed by atoms with van der Waals surface area (Å²) in [7, 11) is 1.69. The SMILES string of the molecule is COCCCOc1ccc(Cl)c(CBr)c1. The van der Waals surface area contributed by atoms with Gasteiger partial charge in [-0.2, -0.15) is 0 Å². The molecular formula is C11H14BrClO2. The largest absolute Gasteiger partial charge is 0.493 e. The van der Waals surface area contributed by atoms with E-state index in [1.165, 1.54) is 0 Å². The molecule has 0 unspecified atom stereocenters. The molecule has 1 aromatic carbocycles. The summed E-state index contributed by atoms with van der Waals surface area (Å²) >= 11 is 9.35. The number of rotatable bonds is 6. The van der Waals surface area contributed by atoms with Crippen molar-refractivity contribution in [1.29, 1.82) is 0 Å². The molecule has 4 heteroatoms. The second-order valence-corrected chi connectivity index (χ2v) is 4.05. The Hall–Kier alpha value is -0.250. The maximum Gasteiger partial charge on any atom is 0.119 e. The van der Waals surface area contributed by atoms with Crippen LogP contribution in [-0.4, -0.2) is 20.3 Å². The first-order valence-electron chi connectivity index (χ1n) is 4.74. The van der Waals surface area contributed by atoms with Crippen molar-refractivity contribution in [3.63, 3.8) is 0 Å². The Morgan fingerprint density at radius 3 is 2.80 bits per heavy atom. The minimum absolute atomic E-state index is 0.664. The molecule has 84 valence electrons. The molecule has 2 nitrogen and oxygen atoms in total. The third-order valence-electron chi connectivity index (χ3n) is 1.92. The normalized spacial score (nSPS) is 10.3. The lowest BCUT2D eigenvalue weighted by Gasteiger charge is -2.07. The van der Waals surface area contributed by atoms with Crippen LogP contribution in [0.2, 0.25) is 5.02 Å². The molecule has 15 heavy (non-hydrogen) atoms. The Kier molecular flexibility index (Phi) is 6.06. The standard InChI is InChI=1S/C11H14BrClO2/c1-14-5-2-6-15-10-3-4-11(13)9(7-10)8-12/h3-4,7H,2,5-6,8H2,1H3. The fourth-order valence-electron chi connectivity index (χ4n) is 1.14. The van der Waals surface area contributed by atoms with Gasteiger partial charge in [-0.1, -0.05) is 27.5 Å². The zero-order valence-corrected chi connectivity index (χ0v) is 11.0. The molecule has 0 fully saturated rings. The van der Waals surface area contributed by atoms with Crippen molar-refractivity contribution in [2.75, 3.05) is 20.3 Å². The van der Waals surface area contributed by atoms with Crippen LogP contribution in [0.5, 0.6) is 5.75 Å². The first kappa shape index (κ1) is 12.8. The highest BCUT2D eigenvalue weighted by Crippen LogP contribution is 2.24. The first-order valence-corrected chi connectivity index (χ1v) is 6.24. The van der Waals surface area contributed by atoms with Gasteiger partial charge in [0.1, 0.15) is 5.75 Å². The van der Waals surface area contributed by atoms with E-state index in [4.69, 9.17) is 21.1 Å². The molecule has 0 spiro atoms. The summed E-state index contributed by atoms with van der Waals surface area (Å²) in [6.07, 6.45) is 0.892. The van der Waals surface area contributed by atoms with Gasteiger partial charge in [0.15, 0.2) is 0 Å². The number of alkyl halides is 1. The zero-order valence-electron chi connectivity index (χ0n) is 8.63. The van der Waals surface area contributed by atoms with E-state index >= 15 is 0 Å². The highest BCUT2D eigenvalue weighted by molar-refractivity contribution is 9.08. The molecule has 0 heterocycles. The van der Waals surface area contributed by atoms with Gasteiger partial charge in [0.25, 0.3) is 0 Å². The molecule has 0 saturated heterocycles. The Labute approximate surface area is 104 Å². The monoisotopic (exact) mass is 292 g/mol. The first-order chi connectivity index (χ1) is 7.27. The van der Waals surface area contributed by atoms with E-state index in [-0.39, 0.29) is 0 Å². The summed E-state index contributed by atoms with van der Waals surface area (Å²) in [5.41, 5.74) is 1.04. The molecule has 0 aliphatic carbocycles. The van der Waals surface area contributed by atoms with Crippen molar-refractivity contribution in [2.45, 2.75) is 11.8 Å². The number of methoxy groups -OCH3 is 1. The lowest BCUT2D eigenvalue weighted by molar-refractivity contribution is 0.172. The number of halogens is 2. The van der Waals surface area contributed by atoms with Crippen LogP contribution >= 0.6 is 27.5 Å². The molecule has 0 aliphatic rings. The minimum atomic E-state index is 0.664. The Morgan fingerprint density at radius 1 is 1.33 bits per heavy atom. The summed E-state index contributed by atoms with van der Waals surface area (Å²) in [6.45, 7) is 1.39. The molecule has 1 aromatic rings. The quantitative estimate of drug-likeness (QED) is 0.589. The summed E-state index contributed by atoms with van der Waals surface area (Å²) in [6, 6.07) is 5.68. The van der Waals surface area contributed by atoms with Gasteiger partial charge >= 0.3 is 0 Å². The maximum atomic E-state index is 5.97. The average molecular weight is 294 g/mol. The summed E-state index contributed by atoms with van der Waals surface area (Å²) in [5.74, 6) is 0.852. The molecule has 0 aliphatic heterocycles. The van der Waals surface area contributed by atoms with E-state index in [1.807, 2.05) is 18.2 Å². The van der Waals surface area contributed by atoms with Gasteiger partial charge < -0.3 is 9.47 Å². The van der Waals surface area contributed by atoms with Crippen LogP contribution in [0.1, 0.15) is 12.0 Å². The minimum Gasteiger partial charge on any atom is -0.493 e. The maximum absolute atomic E-state index is 5.97. The smallest absolute Gasteiger partial charge is 0.119 e. The summed E-state index contributed by atoms with van der Waals surface area (Å²) < 4.78 is 10.5. The third kappa shape index (κ3) is 4.41. The number of hydrogen-bond donors (Lipinski definition) is 0. The number of benzene rings is 1. The van der Waals surface area contributed by atoms with Crippen LogP contribution in [0, 0.1) is 0 Å². The van der Waals surface area contributed by atoms with E-state index in [2.05, 4.69) is 15.9 Å². The molecule has 0 N–H and O–H groups in total. The molecule has 0 amide bonds. The molecule has 0 bridgehead atoms. The van der Waals surface area contributed by atoms with Crippen LogP contribution in [-0.2, 0) is 10.1 Å². The average Bonchev–Trinajstić information content (AvgIpc) is 2.26. The Bertz CT molecular complexity index is 305. The summed E-state index contributed by atoms with van der Waals surface area (Å²) in [5, 5.41) is 1.50. The fraction of sp³-hybridized carbons (Fsp3) is 0.455. The molecule has 0 atom stereocenters. The topological polar surface area (TPSA) is 18.5 Å². The predicted octanol–water partition coefficient (Wildman–Crippen LogP) is 3.65. The van der Waals surface area contributed by atoms with E-state index in [0.717, 1.165) is 34.7 Å². The van der Waals surface area contributed by atoms with Crippen LogP contribution < -0.4 is 4.74 Å². The lowest BCUT2D eigenvalue weighted by atomic mass is 10.2. The van der Waals surface area contributed by atoms with E-state index < -0.39 is 0 Å². The van der Waals surface area contributed by atoms with Crippen molar-refractivity contribution in [3.8, 4) is 5.75 Å². The van der Waals surface area contributed by atoms with Gasteiger partial charge in [0, 0.05) is 30.5 Å². The van der Waals surface area contributed by atoms with Gasteiger partial charge in [-0.3, -0.25) is 0 Å². The zero-order chi connectivity index (χ0) is 11.1.